The van der Waals surface area contributed by atoms with Crippen LogP contribution in [0.4, 0.5) is 10.1 Å². The molecule has 2 aromatic carbocycles. The van der Waals surface area contributed by atoms with Gasteiger partial charge in [0.1, 0.15) is 10.8 Å². The van der Waals surface area contributed by atoms with Crippen LogP contribution in [-0.4, -0.2) is 21.9 Å². The van der Waals surface area contributed by atoms with Crippen molar-refractivity contribution in [2.24, 2.45) is 0 Å². The number of nitrogens with one attached hydrogen (secondary N) is 1. The van der Waals surface area contributed by atoms with Crippen LogP contribution in [0, 0.1) is 26.6 Å². The summed E-state index contributed by atoms with van der Waals surface area (Å²) in [6.45, 7) is 5.78. The van der Waals surface area contributed by atoms with Gasteiger partial charge in [-0.3, -0.25) is 4.79 Å². The Morgan fingerprint density at radius 1 is 1.00 bits per heavy atom. The largest absolute Gasteiger partial charge is 0.325 e. The van der Waals surface area contributed by atoms with E-state index in [1.165, 1.54) is 23.4 Å². The summed E-state index contributed by atoms with van der Waals surface area (Å²) in [6, 6.07) is 14.6. The molecule has 3 rings (SSSR count). The number of amides is 1. The first-order chi connectivity index (χ1) is 12.9. The van der Waals surface area contributed by atoms with E-state index in [1.54, 1.807) is 19.1 Å². The van der Waals surface area contributed by atoms with Crippen LogP contribution in [0.5, 0.6) is 0 Å². The fraction of sp³-hybridized carbons (Fsp3) is 0.190. The van der Waals surface area contributed by atoms with Crippen molar-refractivity contribution in [3.63, 3.8) is 0 Å². The third-order valence-electron chi connectivity index (χ3n) is 4.10. The van der Waals surface area contributed by atoms with Crippen molar-refractivity contribution in [2.45, 2.75) is 25.8 Å². The van der Waals surface area contributed by atoms with Crippen molar-refractivity contribution in [1.82, 2.24) is 10.2 Å². The number of carbonyl (C=O) groups excluding carboxylic acids is 1. The predicted molar refractivity (Wildman–Crippen MR) is 107 cm³/mol. The van der Waals surface area contributed by atoms with Gasteiger partial charge in [-0.25, -0.2) is 4.39 Å². The summed E-state index contributed by atoms with van der Waals surface area (Å²) in [5.41, 5.74) is 5.19. The lowest BCUT2D eigenvalue weighted by molar-refractivity contribution is -0.113. The second kappa shape index (κ2) is 8.31. The molecule has 1 N–H and O–H groups in total. The number of anilines is 1. The fourth-order valence-corrected chi connectivity index (χ4v) is 3.26. The lowest BCUT2D eigenvalue weighted by Crippen LogP contribution is -2.14. The molecule has 138 valence electrons. The highest BCUT2D eigenvalue weighted by Gasteiger charge is 2.08. The Morgan fingerprint density at radius 3 is 2.48 bits per heavy atom. The Kier molecular flexibility index (Phi) is 5.86. The van der Waals surface area contributed by atoms with Gasteiger partial charge in [0.2, 0.25) is 5.91 Å². The maximum Gasteiger partial charge on any atom is 0.234 e. The molecule has 0 aliphatic carbocycles. The quantitative estimate of drug-likeness (QED) is 0.636. The molecule has 0 radical (unpaired) electrons. The van der Waals surface area contributed by atoms with Crippen LogP contribution in [0.25, 0.3) is 11.3 Å². The number of benzene rings is 2. The first kappa shape index (κ1) is 19.0. The Balaban J connectivity index is 1.59. The smallest absolute Gasteiger partial charge is 0.234 e. The minimum absolute atomic E-state index is 0.174. The molecule has 0 fully saturated rings. The second-order valence-electron chi connectivity index (χ2n) is 6.38. The summed E-state index contributed by atoms with van der Waals surface area (Å²) in [6.07, 6.45) is 0. The predicted octanol–water partition coefficient (Wildman–Crippen LogP) is 4.94. The topological polar surface area (TPSA) is 54.9 Å². The summed E-state index contributed by atoms with van der Waals surface area (Å²) in [4.78, 5) is 12.0. The van der Waals surface area contributed by atoms with E-state index >= 15 is 0 Å². The number of thioether (sulfide) groups is 1. The molecule has 0 spiro atoms. The highest BCUT2D eigenvalue weighted by Crippen LogP contribution is 2.24. The second-order valence-corrected chi connectivity index (χ2v) is 7.37. The van der Waals surface area contributed by atoms with Crippen molar-refractivity contribution in [2.75, 3.05) is 11.1 Å². The molecule has 1 amide bonds. The van der Waals surface area contributed by atoms with Crippen molar-refractivity contribution in [1.29, 1.82) is 0 Å². The van der Waals surface area contributed by atoms with Crippen LogP contribution < -0.4 is 5.32 Å². The monoisotopic (exact) mass is 381 g/mol. The van der Waals surface area contributed by atoms with Crippen LogP contribution in [0.1, 0.15) is 16.7 Å². The van der Waals surface area contributed by atoms with E-state index in [0.717, 1.165) is 16.8 Å². The van der Waals surface area contributed by atoms with Crippen LogP contribution >= 0.6 is 11.8 Å². The van der Waals surface area contributed by atoms with E-state index in [4.69, 9.17) is 0 Å². The number of halogens is 1. The number of rotatable bonds is 5. The molecule has 6 heteroatoms. The Hall–Kier alpha value is -2.73. The SMILES string of the molecule is Cc1ccc(-c2ccc(SCC(=O)Nc3ccc(C)c(F)c3)nn2)c(C)c1. The van der Waals surface area contributed by atoms with Crippen molar-refractivity contribution in [3.05, 3.63) is 71.0 Å². The van der Waals surface area contributed by atoms with Gasteiger partial charge in [0.25, 0.3) is 0 Å². The number of carbonyl (C=O) groups is 1. The van der Waals surface area contributed by atoms with Crippen molar-refractivity contribution < 1.29 is 9.18 Å². The van der Waals surface area contributed by atoms with E-state index in [-0.39, 0.29) is 17.5 Å². The van der Waals surface area contributed by atoms with Crippen LogP contribution in [0.2, 0.25) is 0 Å². The van der Waals surface area contributed by atoms with Gasteiger partial charge in [-0.2, -0.15) is 0 Å². The number of hydrogen-bond donors (Lipinski definition) is 1. The first-order valence-electron chi connectivity index (χ1n) is 8.52. The summed E-state index contributed by atoms with van der Waals surface area (Å²) in [7, 11) is 0. The first-order valence-corrected chi connectivity index (χ1v) is 9.51. The molecule has 0 aliphatic rings. The molecule has 1 heterocycles. The molecule has 0 atom stereocenters. The van der Waals surface area contributed by atoms with Gasteiger partial charge in [0.15, 0.2) is 0 Å². The van der Waals surface area contributed by atoms with E-state index in [1.807, 2.05) is 31.2 Å². The van der Waals surface area contributed by atoms with Gasteiger partial charge in [-0.1, -0.05) is 41.6 Å². The van der Waals surface area contributed by atoms with Crippen molar-refractivity contribution >= 4 is 23.4 Å². The van der Waals surface area contributed by atoms with E-state index in [9.17, 15) is 9.18 Å². The van der Waals surface area contributed by atoms with Gasteiger partial charge in [-0.05, 0) is 56.2 Å². The average molecular weight is 381 g/mol. The Bertz CT molecular complexity index is 974. The molecular weight excluding hydrogens is 361 g/mol. The number of hydrogen-bond acceptors (Lipinski definition) is 4. The van der Waals surface area contributed by atoms with Crippen LogP contribution in [-0.2, 0) is 4.79 Å². The summed E-state index contributed by atoms with van der Waals surface area (Å²) in [5.74, 6) is -0.385. The third-order valence-corrected chi connectivity index (χ3v) is 5.02. The Morgan fingerprint density at radius 2 is 1.81 bits per heavy atom. The van der Waals surface area contributed by atoms with Crippen LogP contribution in [0.15, 0.2) is 53.6 Å². The number of nitrogens with zero attached hydrogens (tertiary/aromatic N) is 2. The van der Waals surface area contributed by atoms with Crippen molar-refractivity contribution in [3.8, 4) is 11.3 Å². The summed E-state index contributed by atoms with van der Waals surface area (Å²) < 4.78 is 13.5. The highest BCUT2D eigenvalue weighted by atomic mass is 32.2. The zero-order valence-electron chi connectivity index (χ0n) is 15.4. The molecule has 0 saturated carbocycles. The zero-order valence-corrected chi connectivity index (χ0v) is 16.2. The molecule has 1 aromatic heterocycles. The highest BCUT2D eigenvalue weighted by molar-refractivity contribution is 7.99. The maximum atomic E-state index is 13.5. The molecular formula is C21H20FN3OS. The fourth-order valence-electron chi connectivity index (χ4n) is 2.65. The minimum atomic E-state index is -0.340. The lowest BCUT2D eigenvalue weighted by atomic mass is 10.0. The summed E-state index contributed by atoms with van der Waals surface area (Å²) in [5, 5.41) is 11.8. The molecule has 0 saturated heterocycles. The summed E-state index contributed by atoms with van der Waals surface area (Å²) >= 11 is 1.29. The van der Waals surface area contributed by atoms with Gasteiger partial charge in [0, 0.05) is 11.3 Å². The Labute approximate surface area is 162 Å². The van der Waals surface area contributed by atoms with Crippen LogP contribution in [0.3, 0.4) is 0 Å². The third kappa shape index (κ3) is 4.92. The molecule has 27 heavy (non-hydrogen) atoms. The van der Waals surface area contributed by atoms with Gasteiger partial charge in [-0.15, -0.1) is 10.2 Å². The molecule has 0 aliphatic heterocycles. The molecule has 4 nitrogen and oxygen atoms in total. The molecule has 0 unspecified atom stereocenters. The lowest BCUT2D eigenvalue weighted by Gasteiger charge is -2.07. The molecule has 0 bridgehead atoms. The standard InChI is InChI=1S/C21H20FN3OS/c1-13-4-7-17(15(3)10-13)19-8-9-21(25-24-19)27-12-20(26)23-16-6-5-14(2)18(22)11-16/h4-11H,12H2,1-3H3,(H,23,26). The normalized spacial score (nSPS) is 10.7. The van der Waals surface area contributed by atoms with E-state index in [2.05, 4.69) is 28.5 Å². The average Bonchev–Trinajstić information content (AvgIpc) is 2.64. The van der Waals surface area contributed by atoms with Gasteiger partial charge >= 0.3 is 0 Å². The number of aromatic nitrogens is 2. The van der Waals surface area contributed by atoms with E-state index < -0.39 is 0 Å². The van der Waals surface area contributed by atoms with E-state index in [0.29, 0.717) is 16.3 Å². The van der Waals surface area contributed by atoms with Gasteiger partial charge < -0.3 is 5.32 Å². The molecule has 3 aromatic rings. The number of aryl methyl sites for hydroxylation is 3. The minimum Gasteiger partial charge on any atom is -0.325 e. The maximum absolute atomic E-state index is 13.5. The zero-order chi connectivity index (χ0) is 19.4. The van der Waals surface area contributed by atoms with Gasteiger partial charge in [0.05, 0.1) is 11.4 Å².